The van der Waals surface area contributed by atoms with Crippen LogP contribution in [-0.2, 0) is 6.54 Å². The summed E-state index contributed by atoms with van der Waals surface area (Å²) in [6, 6.07) is 8.61. The fourth-order valence-corrected chi connectivity index (χ4v) is 2.55. The van der Waals surface area contributed by atoms with Crippen molar-refractivity contribution in [1.29, 1.82) is 0 Å². The van der Waals surface area contributed by atoms with Crippen molar-refractivity contribution in [3.63, 3.8) is 0 Å². The van der Waals surface area contributed by atoms with Gasteiger partial charge in [-0.3, -0.25) is 0 Å². The van der Waals surface area contributed by atoms with E-state index in [-0.39, 0.29) is 21.1 Å². The molecule has 1 aromatic carbocycles. The van der Waals surface area contributed by atoms with Crippen LogP contribution in [0.15, 0.2) is 24.3 Å². The van der Waals surface area contributed by atoms with Crippen molar-refractivity contribution < 1.29 is 0 Å². The van der Waals surface area contributed by atoms with Crippen molar-refractivity contribution in [3.8, 4) is 0 Å². The van der Waals surface area contributed by atoms with Gasteiger partial charge in [-0.25, -0.2) is 0 Å². The van der Waals surface area contributed by atoms with Crippen LogP contribution in [-0.4, -0.2) is 21.1 Å². The fourth-order valence-electron chi connectivity index (χ4n) is 0.854. The molecule has 0 saturated heterocycles. The summed E-state index contributed by atoms with van der Waals surface area (Å²) in [6.07, 6.45) is 0. The Morgan fingerprint density at radius 1 is 1.50 bits per heavy atom. The predicted molar refractivity (Wildman–Crippen MR) is 45.6 cm³/mol. The number of hydrogen-bond acceptors (Lipinski definition) is 1. The molecule has 0 spiro atoms. The second-order valence-electron chi connectivity index (χ2n) is 2.15. The van der Waals surface area contributed by atoms with E-state index in [1.165, 1.54) is 9.14 Å². The van der Waals surface area contributed by atoms with Gasteiger partial charge < -0.3 is 0 Å². The predicted octanol–water partition coefficient (Wildman–Crippen LogP) is 0.523. The maximum absolute atomic E-state index is 5.49. The van der Waals surface area contributed by atoms with E-state index in [2.05, 4.69) is 29.2 Å². The van der Waals surface area contributed by atoms with Gasteiger partial charge in [0, 0.05) is 0 Å². The van der Waals surface area contributed by atoms with Crippen molar-refractivity contribution in [3.05, 3.63) is 29.8 Å². The summed E-state index contributed by atoms with van der Waals surface area (Å²) < 4.78 is 1.53. The monoisotopic (exact) mass is 241 g/mol. The summed E-state index contributed by atoms with van der Waals surface area (Å²) in [6.45, 7) is 0.674. The molecule has 2 heteroatoms. The molecule has 0 aliphatic rings. The molecule has 0 aliphatic carbocycles. The zero-order valence-electron chi connectivity index (χ0n) is 6.09. The third-order valence-corrected chi connectivity index (χ3v) is 3.99. The molecule has 0 aliphatic heterocycles. The van der Waals surface area contributed by atoms with E-state index < -0.39 is 0 Å². The standard InChI is InChI=1S/C7H8N.CH3.Sn/c8-6-7-4-2-1-3-5-7;;/h1-2,4-5H,6,8H2;1H3;. The summed E-state index contributed by atoms with van der Waals surface area (Å²) in [5.74, 6) is 0. The van der Waals surface area contributed by atoms with Gasteiger partial charge in [0.05, 0.1) is 0 Å². The van der Waals surface area contributed by atoms with Gasteiger partial charge in [-0.15, -0.1) is 0 Å². The average molecular weight is 240 g/mol. The van der Waals surface area contributed by atoms with Crippen LogP contribution in [0.25, 0.3) is 0 Å². The summed E-state index contributed by atoms with van der Waals surface area (Å²) in [4.78, 5) is 2.32. The Morgan fingerprint density at radius 3 is 2.90 bits per heavy atom. The van der Waals surface area contributed by atoms with Crippen LogP contribution in [0.3, 0.4) is 0 Å². The second-order valence-corrected chi connectivity index (χ2v) is 5.23. The van der Waals surface area contributed by atoms with Crippen LogP contribution in [0.2, 0.25) is 4.94 Å². The molecule has 0 saturated carbocycles. The summed E-state index contributed by atoms with van der Waals surface area (Å²) in [5.41, 5.74) is 6.76. The molecule has 0 atom stereocenters. The molecule has 0 heterocycles. The van der Waals surface area contributed by atoms with Crippen molar-refractivity contribution in [2.45, 2.75) is 11.5 Å². The average Bonchev–Trinajstić information content (AvgIpc) is 2.05. The van der Waals surface area contributed by atoms with E-state index >= 15 is 0 Å². The Bertz CT molecular complexity index is 191. The first-order chi connectivity index (χ1) is 4.86. The van der Waals surface area contributed by atoms with Gasteiger partial charge in [0.1, 0.15) is 0 Å². The van der Waals surface area contributed by atoms with Gasteiger partial charge >= 0.3 is 71.8 Å². The Kier molecular flexibility index (Phi) is 3.22. The minimum atomic E-state index is -0.238. The van der Waals surface area contributed by atoms with Gasteiger partial charge in [0.2, 0.25) is 0 Å². The van der Waals surface area contributed by atoms with Crippen molar-refractivity contribution in [1.82, 2.24) is 0 Å². The van der Waals surface area contributed by atoms with Gasteiger partial charge in [0.15, 0.2) is 0 Å². The first-order valence-electron chi connectivity index (χ1n) is 3.33. The molecule has 1 nitrogen and oxygen atoms in total. The Balaban J connectivity index is 2.87. The Hall–Kier alpha value is -0.0213. The van der Waals surface area contributed by atoms with Crippen molar-refractivity contribution in [2.24, 2.45) is 5.73 Å². The van der Waals surface area contributed by atoms with E-state index in [1.54, 1.807) is 0 Å². The number of rotatable bonds is 2. The van der Waals surface area contributed by atoms with E-state index in [0.29, 0.717) is 6.54 Å². The molecule has 0 aromatic heterocycles. The van der Waals surface area contributed by atoms with Gasteiger partial charge in [0.25, 0.3) is 0 Å². The molecule has 52 valence electrons. The van der Waals surface area contributed by atoms with Crippen LogP contribution in [0.1, 0.15) is 5.56 Å². The van der Waals surface area contributed by atoms with Gasteiger partial charge in [-0.1, -0.05) is 0 Å². The minimum absolute atomic E-state index is 0.238. The summed E-state index contributed by atoms with van der Waals surface area (Å²) in [7, 11) is 0. The quantitative estimate of drug-likeness (QED) is 0.749. The molecule has 2 radical (unpaired) electrons. The zero-order valence-corrected chi connectivity index (χ0v) is 8.95. The molecule has 10 heavy (non-hydrogen) atoms. The van der Waals surface area contributed by atoms with Gasteiger partial charge in [-0.05, 0) is 0 Å². The molecule has 0 amide bonds. The fraction of sp³-hybridized carbons (Fsp3) is 0.250. The van der Waals surface area contributed by atoms with Crippen molar-refractivity contribution >= 4 is 24.7 Å². The Labute approximate surface area is 71.8 Å². The number of benzene rings is 1. The SMILES string of the molecule is [CH3][Sn][c]1cccc(CN)c1. The third-order valence-electron chi connectivity index (χ3n) is 1.45. The topological polar surface area (TPSA) is 26.0 Å². The molecule has 0 fully saturated rings. The van der Waals surface area contributed by atoms with Crippen molar-refractivity contribution in [2.75, 3.05) is 0 Å². The molecule has 1 aromatic rings. The molecule has 0 bridgehead atoms. The van der Waals surface area contributed by atoms with E-state index in [0.717, 1.165) is 0 Å². The molecular weight excluding hydrogens is 229 g/mol. The van der Waals surface area contributed by atoms with Crippen LogP contribution < -0.4 is 9.31 Å². The zero-order chi connectivity index (χ0) is 7.40. The van der Waals surface area contributed by atoms with Crippen LogP contribution in [0, 0.1) is 0 Å². The molecule has 0 unspecified atom stereocenters. The molecule has 2 N–H and O–H groups in total. The van der Waals surface area contributed by atoms with Crippen LogP contribution in [0.4, 0.5) is 0 Å². The van der Waals surface area contributed by atoms with E-state index in [1.807, 2.05) is 0 Å². The van der Waals surface area contributed by atoms with Crippen LogP contribution in [0.5, 0.6) is 0 Å². The van der Waals surface area contributed by atoms with Crippen LogP contribution >= 0.6 is 0 Å². The van der Waals surface area contributed by atoms with Gasteiger partial charge in [-0.2, -0.15) is 0 Å². The normalized spacial score (nSPS) is 9.80. The summed E-state index contributed by atoms with van der Waals surface area (Å²) >= 11 is -0.238. The molecular formula is C8H11NSn. The molecule has 1 rings (SSSR count). The Morgan fingerprint density at radius 2 is 2.30 bits per heavy atom. The maximum atomic E-state index is 5.49. The van der Waals surface area contributed by atoms with E-state index in [9.17, 15) is 0 Å². The third kappa shape index (κ3) is 1.99. The second kappa shape index (κ2) is 3.98. The first-order valence-corrected chi connectivity index (χ1v) is 7.61. The summed E-state index contributed by atoms with van der Waals surface area (Å²) in [5, 5.41) is 0. The van der Waals surface area contributed by atoms with E-state index in [4.69, 9.17) is 5.73 Å². The first kappa shape index (κ1) is 8.08. The number of hydrogen-bond donors (Lipinski definition) is 1. The number of nitrogens with two attached hydrogens (primary N) is 1.